The van der Waals surface area contributed by atoms with Gasteiger partial charge in [-0.25, -0.2) is 0 Å². The summed E-state index contributed by atoms with van der Waals surface area (Å²) in [7, 11) is 0. The summed E-state index contributed by atoms with van der Waals surface area (Å²) in [5, 5.41) is 9.43. The summed E-state index contributed by atoms with van der Waals surface area (Å²) in [6, 6.07) is 0. The van der Waals surface area contributed by atoms with Crippen LogP contribution < -0.4 is 0 Å². The standard InChI is InChI=1S/C11H16O/c1-5-7-11(12)10(6-2)8-9(3)4/h5-8,12H,2H2,1,3-4H3/b7-5-,11-10-. The van der Waals surface area contributed by atoms with Crippen LogP contribution in [0.5, 0.6) is 0 Å². The maximum Gasteiger partial charge on any atom is 0.122 e. The van der Waals surface area contributed by atoms with E-state index >= 15 is 0 Å². The Hall–Kier alpha value is -1.24. The molecule has 0 aliphatic rings. The molecule has 1 heteroatoms. The van der Waals surface area contributed by atoms with Gasteiger partial charge in [0.15, 0.2) is 0 Å². The van der Waals surface area contributed by atoms with Gasteiger partial charge < -0.3 is 5.11 Å². The van der Waals surface area contributed by atoms with Crippen LogP contribution in [0, 0.1) is 0 Å². The van der Waals surface area contributed by atoms with Gasteiger partial charge in [-0.1, -0.05) is 30.4 Å². The monoisotopic (exact) mass is 164 g/mol. The minimum atomic E-state index is 0.258. The third kappa shape index (κ3) is 3.81. The highest BCUT2D eigenvalue weighted by Crippen LogP contribution is 2.08. The Labute approximate surface area is 74.4 Å². The topological polar surface area (TPSA) is 20.2 Å². The zero-order valence-corrected chi connectivity index (χ0v) is 7.96. The first kappa shape index (κ1) is 10.8. The number of rotatable bonds is 3. The molecule has 0 aliphatic heterocycles. The van der Waals surface area contributed by atoms with Crippen LogP contribution in [0.4, 0.5) is 0 Å². The number of allylic oxidation sites excluding steroid dienone is 6. The molecule has 0 aliphatic carbocycles. The first-order chi connectivity index (χ1) is 5.61. The summed E-state index contributed by atoms with van der Waals surface area (Å²) in [4.78, 5) is 0. The molecule has 0 bridgehead atoms. The van der Waals surface area contributed by atoms with Gasteiger partial charge in [0.25, 0.3) is 0 Å². The van der Waals surface area contributed by atoms with Crippen molar-refractivity contribution in [2.75, 3.05) is 0 Å². The second-order valence-electron chi connectivity index (χ2n) is 2.77. The van der Waals surface area contributed by atoms with E-state index in [-0.39, 0.29) is 5.76 Å². The second kappa shape index (κ2) is 5.42. The molecule has 0 atom stereocenters. The molecule has 0 amide bonds. The van der Waals surface area contributed by atoms with Gasteiger partial charge in [-0.05, 0) is 26.8 Å². The summed E-state index contributed by atoms with van der Waals surface area (Å²) in [6.07, 6.45) is 6.97. The van der Waals surface area contributed by atoms with Gasteiger partial charge in [0.05, 0.1) is 0 Å². The van der Waals surface area contributed by atoms with Gasteiger partial charge in [-0.2, -0.15) is 0 Å². The summed E-state index contributed by atoms with van der Waals surface area (Å²) in [5.41, 5.74) is 1.90. The lowest BCUT2D eigenvalue weighted by Crippen LogP contribution is -1.82. The van der Waals surface area contributed by atoms with E-state index in [1.54, 1.807) is 18.2 Å². The highest BCUT2D eigenvalue weighted by molar-refractivity contribution is 5.37. The molecule has 0 rings (SSSR count). The summed E-state index contributed by atoms with van der Waals surface area (Å²) < 4.78 is 0. The van der Waals surface area contributed by atoms with Crippen LogP contribution >= 0.6 is 0 Å². The largest absolute Gasteiger partial charge is 0.507 e. The fraction of sp³-hybridized carbons (Fsp3) is 0.273. The minimum absolute atomic E-state index is 0.258. The second-order valence-corrected chi connectivity index (χ2v) is 2.77. The van der Waals surface area contributed by atoms with Crippen LogP contribution in [-0.4, -0.2) is 5.11 Å². The SMILES string of the molecule is C=C/C(C=C(C)C)=C(O)\C=C/C. The molecule has 0 aromatic rings. The minimum Gasteiger partial charge on any atom is -0.507 e. The normalized spacial score (nSPS) is 12.6. The number of hydrogen-bond acceptors (Lipinski definition) is 1. The Morgan fingerprint density at radius 1 is 1.33 bits per heavy atom. The Kier molecular flexibility index (Phi) is 4.86. The molecule has 0 radical (unpaired) electrons. The van der Waals surface area contributed by atoms with Crippen molar-refractivity contribution in [3.8, 4) is 0 Å². The first-order valence-electron chi connectivity index (χ1n) is 3.95. The van der Waals surface area contributed by atoms with Crippen molar-refractivity contribution < 1.29 is 5.11 Å². The molecular formula is C11H16O. The molecule has 0 spiro atoms. The van der Waals surface area contributed by atoms with Crippen molar-refractivity contribution in [3.63, 3.8) is 0 Å². The lowest BCUT2D eigenvalue weighted by atomic mass is 10.1. The van der Waals surface area contributed by atoms with E-state index in [4.69, 9.17) is 0 Å². The van der Waals surface area contributed by atoms with E-state index in [0.29, 0.717) is 0 Å². The molecule has 0 saturated heterocycles. The molecule has 1 N–H and O–H groups in total. The van der Waals surface area contributed by atoms with Gasteiger partial charge in [-0.3, -0.25) is 0 Å². The van der Waals surface area contributed by atoms with Crippen molar-refractivity contribution >= 4 is 0 Å². The van der Waals surface area contributed by atoms with Crippen LogP contribution in [0.2, 0.25) is 0 Å². The Bertz CT molecular complexity index is 238. The van der Waals surface area contributed by atoms with Crippen molar-refractivity contribution in [2.45, 2.75) is 20.8 Å². The molecule has 0 unspecified atom stereocenters. The highest BCUT2D eigenvalue weighted by atomic mass is 16.3. The zero-order chi connectivity index (χ0) is 9.56. The fourth-order valence-electron chi connectivity index (χ4n) is 0.803. The Balaban J connectivity index is 4.86. The quantitative estimate of drug-likeness (QED) is 0.499. The van der Waals surface area contributed by atoms with E-state index in [9.17, 15) is 5.11 Å². The smallest absolute Gasteiger partial charge is 0.122 e. The fourth-order valence-corrected chi connectivity index (χ4v) is 0.803. The Morgan fingerprint density at radius 3 is 2.25 bits per heavy atom. The van der Waals surface area contributed by atoms with Crippen molar-refractivity contribution in [1.29, 1.82) is 0 Å². The van der Waals surface area contributed by atoms with Crippen LogP contribution in [0.25, 0.3) is 0 Å². The average Bonchev–Trinajstić information content (AvgIpc) is 2.00. The van der Waals surface area contributed by atoms with Crippen LogP contribution in [0.15, 0.2) is 47.8 Å². The van der Waals surface area contributed by atoms with Gasteiger partial charge in [-0.15, -0.1) is 0 Å². The summed E-state index contributed by atoms with van der Waals surface area (Å²) in [6.45, 7) is 9.44. The zero-order valence-electron chi connectivity index (χ0n) is 7.96. The molecule has 66 valence electrons. The molecular weight excluding hydrogens is 148 g/mol. The molecule has 0 saturated carbocycles. The molecule has 1 nitrogen and oxygen atoms in total. The average molecular weight is 164 g/mol. The van der Waals surface area contributed by atoms with Crippen LogP contribution in [0.1, 0.15) is 20.8 Å². The van der Waals surface area contributed by atoms with E-state index < -0.39 is 0 Å². The van der Waals surface area contributed by atoms with Crippen molar-refractivity contribution in [2.24, 2.45) is 0 Å². The molecule has 0 fully saturated rings. The lowest BCUT2D eigenvalue weighted by Gasteiger charge is -1.97. The summed E-state index contributed by atoms with van der Waals surface area (Å²) in [5.74, 6) is 0.258. The highest BCUT2D eigenvalue weighted by Gasteiger charge is 1.93. The first-order valence-corrected chi connectivity index (χ1v) is 3.95. The third-order valence-corrected chi connectivity index (χ3v) is 1.28. The van der Waals surface area contributed by atoms with E-state index in [1.807, 2.05) is 26.8 Å². The maximum atomic E-state index is 9.43. The number of hydrogen-bond donors (Lipinski definition) is 1. The maximum absolute atomic E-state index is 9.43. The van der Waals surface area contributed by atoms with Gasteiger partial charge in [0.1, 0.15) is 5.76 Å². The number of aliphatic hydroxyl groups excluding tert-OH is 1. The lowest BCUT2D eigenvalue weighted by molar-refractivity contribution is 0.429. The summed E-state index contributed by atoms with van der Waals surface area (Å²) >= 11 is 0. The van der Waals surface area contributed by atoms with Gasteiger partial charge in [0.2, 0.25) is 0 Å². The molecule has 12 heavy (non-hydrogen) atoms. The molecule has 0 heterocycles. The molecule has 0 aromatic heterocycles. The Morgan fingerprint density at radius 2 is 1.92 bits per heavy atom. The van der Waals surface area contributed by atoms with Crippen LogP contribution in [0.3, 0.4) is 0 Å². The van der Waals surface area contributed by atoms with Crippen molar-refractivity contribution in [1.82, 2.24) is 0 Å². The third-order valence-electron chi connectivity index (χ3n) is 1.28. The van der Waals surface area contributed by atoms with E-state index in [1.165, 1.54) is 0 Å². The number of aliphatic hydroxyl groups is 1. The van der Waals surface area contributed by atoms with Crippen LogP contribution in [-0.2, 0) is 0 Å². The van der Waals surface area contributed by atoms with E-state index in [0.717, 1.165) is 11.1 Å². The van der Waals surface area contributed by atoms with E-state index in [2.05, 4.69) is 6.58 Å². The van der Waals surface area contributed by atoms with Crippen molar-refractivity contribution in [3.05, 3.63) is 47.8 Å². The molecule has 0 aromatic carbocycles. The predicted octanol–water partition coefficient (Wildman–Crippen LogP) is 3.53. The predicted molar refractivity (Wildman–Crippen MR) is 54.1 cm³/mol. The van der Waals surface area contributed by atoms with Gasteiger partial charge >= 0.3 is 0 Å². The van der Waals surface area contributed by atoms with Gasteiger partial charge in [0, 0.05) is 5.57 Å².